The third-order valence-electron chi connectivity index (χ3n) is 14.9. The highest BCUT2D eigenvalue weighted by Crippen LogP contribution is 2.79. The number of ether oxygens (including phenoxy) is 5. The van der Waals surface area contributed by atoms with Crippen LogP contribution < -0.4 is 0 Å². The second kappa shape index (κ2) is 9.44. The SMILES string of the molecule is CCOC(C)(C)C12CCC(C)(O1)C1(CCC3(C)C1C(OC(C)=O)CC1C4(C)CCC(OC(C)=O)C(C)(C)C4CCC13C)O2. The molecule has 43 heavy (non-hydrogen) atoms. The van der Waals surface area contributed by atoms with E-state index in [1.54, 1.807) is 6.92 Å². The Labute approximate surface area is 259 Å². The monoisotopic (exact) mass is 602 g/mol. The van der Waals surface area contributed by atoms with E-state index < -0.39 is 22.6 Å². The number of fused-ring (bicyclic) bond motifs is 9. The van der Waals surface area contributed by atoms with Gasteiger partial charge in [-0.1, -0.05) is 34.6 Å². The molecular weight excluding hydrogens is 544 g/mol. The Hall–Kier alpha value is -1.18. The van der Waals surface area contributed by atoms with Crippen LogP contribution in [0.4, 0.5) is 0 Å². The Bertz CT molecular complexity index is 1180. The molecule has 2 heterocycles. The highest BCUT2D eigenvalue weighted by molar-refractivity contribution is 5.66. The van der Waals surface area contributed by atoms with Gasteiger partial charge in [-0.2, -0.15) is 0 Å². The van der Waals surface area contributed by atoms with Crippen LogP contribution in [0.2, 0.25) is 0 Å². The van der Waals surface area contributed by atoms with Crippen LogP contribution in [0.15, 0.2) is 0 Å². The van der Waals surface area contributed by atoms with Crippen LogP contribution in [0.25, 0.3) is 0 Å². The molecule has 7 heteroatoms. The smallest absolute Gasteiger partial charge is 0.302 e. The van der Waals surface area contributed by atoms with E-state index in [0.717, 1.165) is 57.8 Å². The van der Waals surface area contributed by atoms with E-state index in [1.165, 1.54) is 6.92 Å². The topological polar surface area (TPSA) is 80.3 Å². The summed E-state index contributed by atoms with van der Waals surface area (Å²) >= 11 is 0. The van der Waals surface area contributed by atoms with Gasteiger partial charge in [0.25, 0.3) is 0 Å². The van der Waals surface area contributed by atoms with Gasteiger partial charge in [-0.15, -0.1) is 0 Å². The lowest BCUT2D eigenvalue weighted by atomic mass is 9.35. The standard InChI is InChI=1S/C36H58O7/c1-12-39-30(6,7)36-20-18-34(11,42-36)35(43-36)19-17-33(10)28(35)24(40-22(2)37)21-26-31(8)15-14-27(41-23(3)38)29(4,5)25(31)13-16-32(26,33)9/h24-28H,12-21H2,1-11H3. The fourth-order valence-electron chi connectivity index (χ4n) is 12.8. The fourth-order valence-corrected chi connectivity index (χ4v) is 12.8. The number of carbonyl (C=O) groups excluding carboxylic acids is 2. The van der Waals surface area contributed by atoms with Gasteiger partial charge < -0.3 is 23.7 Å². The number of rotatable bonds is 5. The Morgan fingerprint density at radius 2 is 1.47 bits per heavy atom. The van der Waals surface area contributed by atoms with Gasteiger partial charge in [-0.05, 0) is 107 Å². The van der Waals surface area contributed by atoms with E-state index in [9.17, 15) is 9.59 Å². The highest BCUT2D eigenvalue weighted by atomic mass is 16.8. The summed E-state index contributed by atoms with van der Waals surface area (Å²) < 4.78 is 33.2. The fraction of sp³-hybridized carbons (Fsp3) is 0.944. The summed E-state index contributed by atoms with van der Waals surface area (Å²) in [6, 6.07) is 0. The summed E-state index contributed by atoms with van der Waals surface area (Å²) in [5.74, 6) is -0.399. The van der Waals surface area contributed by atoms with Crippen LogP contribution in [0.3, 0.4) is 0 Å². The largest absolute Gasteiger partial charge is 0.462 e. The van der Waals surface area contributed by atoms with Gasteiger partial charge in [-0.3, -0.25) is 9.59 Å². The van der Waals surface area contributed by atoms with Gasteiger partial charge >= 0.3 is 11.9 Å². The molecule has 0 radical (unpaired) electrons. The van der Waals surface area contributed by atoms with Crippen molar-refractivity contribution in [1.82, 2.24) is 0 Å². The minimum atomic E-state index is -0.815. The summed E-state index contributed by atoms with van der Waals surface area (Å²) in [6.45, 7) is 24.4. The molecule has 0 aromatic heterocycles. The van der Waals surface area contributed by atoms with Gasteiger partial charge in [0.15, 0.2) is 5.79 Å². The van der Waals surface area contributed by atoms with Crippen molar-refractivity contribution in [2.24, 2.45) is 39.4 Å². The molecule has 0 N–H and O–H groups in total. The van der Waals surface area contributed by atoms with Gasteiger partial charge in [0.2, 0.25) is 0 Å². The normalized spacial score (nSPS) is 51.5. The lowest BCUT2D eigenvalue weighted by molar-refractivity contribution is -0.303. The summed E-state index contributed by atoms with van der Waals surface area (Å²) in [5.41, 5.74) is -1.77. The summed E-state index contributed by atoms with van der Waals surface area (Å²) in [5, 5.41) is 0. The van der Waals surface area contributed by atoms with E-state index in [1.807, 2.05) is 6.92 Å². The van der Waals surface area contributed by atoms with Gasteiger partial charge in [0.1, 0.15) is 23.4 Å². The first kappa shape index (κ1) is 31.8. The maximum atomic E-state index is 12.8. The van der Waals surface area contributed by atoms with E-state index >= 15 is 0 Å². The number of hydrogen-bond acceptors (Lipinski definition) is 7. The predicted molar refractivity (Wildman–Crippen MR) is 163 cm³/mol. The van der Waals surface area contributed by atoms with E-state index in [2.05, 4.69) is 55.4 Å². The first-order valence-electron chi connectivity index (χ1n) is 17.2. The Balaban J connectivity index is 1.43. The average Bonchev–Trinajstić information content (AvgIpc) is 3.48. The van der Waals surface area contributed by atoms with E-state index in [4.69, 9.17) is 23.7 Å². The Morgan fingerprint density at radius 1 is 0.791 bits per heavy atom. The predicted octanol–water partition coefficient (Wildman–Crippen LogP) is 7.38. The van der Waals surface area contributed by atoms with E-state index in [0.29, 0.717) is 18.4 Å². The van der Waals surface area contributed by atoms with Crippen LogP contribution in [0.1, 0.15) is 134 Å². The van der Waals surface area contributed by atoms with Crippen LogP contribution in [-0.2, 0) is 33.3 Å². The first-order valence-corrected chi connectivity index (χ1v) is 17.2. The molecule has 7 nitrogen and oxygen atoms in total. The average molecular weight is 603 g/mol. The van der Waals surface area contributed by atoms with Crippen molar-refractivity contribution in [2.75, 3.05) is 6.61 Å². The molecule has 2 aliphatic heterocycles. The molecule has 11 atom stereocenters. The van der Waals surface area contributed by atoms with Crippen molar-refractivity contribution >= 4 is 11.9 Å². The molecule has 6 fully saturated rings. The zero-order valence-electron chi connectivity index (χ0n) is 28.8. The second-order valence-electron chi connectivity index (χ2n) is 17.3. The lowest BCUT2D eigenvalue weighted by Gasteiger charge is -2.71. The van der Waals surface area contributed by atoms with Crippen LogP contribution >= 0.6 is 0 Å². The van der Waals surface area contributed by atoms with Crippen molar-refractivity contribution in [3.05, 3.63) is 0 Å². The van der Waals surface area contributed by atoms with Crippen LogP contribution in [0.5, 0.6) is 0 Å². The third-order valence-corrected chi connectivity index (χ3v) is 14.9. The third kappa shape index (κ3) is 3.89. The molecule has 2 saturated heterocycles. The van der Waals surface area contributed by atoms with Gasteiger partial charge in [0, 0.05) is 38.2 Å². The summed E-state index contributed by atoms with van der Waals surface area (Å²) in [6.07, 6.45) is 8.26. The van der Waals surface area contributed by atoms with Crippen LogP contribution in [0, 0.1) is 39.4 Å². The Morgan fingerprint density at radius 3 is 2.09 bits per heavy atom. The minimum Gasteiger partial charge on any atom is -0.462 e. The molecule has 2 bridgehead atoms. The minimum absolute atomic E-state index is 0.0281. The quantitative estimate of drug-likeness (QED) is 0.304. The van der Waals surface area contributed by atoms with E-state index in [-0.39, 0.29) is 51.7 Å². The molecule has 0 aromatic carbocycles. The van der Waals surface area contributed by atoms with Crippen molar-refractivity contribution in [3.63, 3.8) is 0 Å². The van der Waals surface area contributed by atoms with Crippen LogP contribution in [-0.4, -0.2) is 53.3 Å². The zero-order valence-corrected chi connectivity index (χ0v) is 28.8. The molecule has 4 aliphatic carbocycles. The summed E-state index contributed by atoms with van der Waals surface area (Å²) in [4.78, 5) is 24.9. The van der Waals surface area contributed by atoms with Crippen molar-refractivity contribution in [3.8, 4) is 0 Å². The molecule has 0 amide bonds. The van der Waals surface area contributed by atoms with Crippen molar-refractivity contribution in [1.29, 1.82) is 0 Å². The first-order chi connectivity index (χ1) is 19.8. The highest BCUT2D eigenvalue weighted by Gasteiger charge is 2.83. The summed E-state index contributed by atoms with van der Waals surface area (Å²) in [7, 11) is 0. The maximum absolute atomic E-state index is 12.8. The molecule has 244 valence electrons. The number of esters is 2. The number of hydrogen-bond donors (Lipinski definition) is 0. The molecular formula is C36H58O7. The second-order valence-corrected chi connectivity index (χ2v) is 17.3. The molecule has 0 aromatic rings. The van der Waals surface area contributed by atoms with Gasteiger partial charge in [-0.25, -0.2) is 0 Å². The van der Waals surface area contributed by atoms with Crippen molar-refractivity contribution in [2.45, 2.75) is 169 Å². The van der Waals surface area contributed by atoms with Crippen molar-refractivity contribution < 1.29 is 33.3 Å². The molecule has 11 unspecified atom stereocenters. The Kier molecular flexibility index (Phi) is 6.98. The van der Waals surface area contributed by atoms with Gasteiger partial charge in [0.05, 0.1) is 5.60 Å². The molecule has 6 aliphatic rings. The zero-order chi connectivity index (χ0) is 31.6. The maximum Gasteiger partial charge on any atom is 0.302 e. The lowest BCUT2D eigenvalue weighted by Crippen LogP contribution is -2.70. The molecule has 6 rings (SSSR count). The molecule has 1 spiro atoms. The molecule has 4 saturated carbocycles. The number of carbonyl (C=O) groups is 2.